The molecule has 0 atom stereocenters. The van der Waals surface area contributed by atoms with Crippen molar-refractivity contribution in [3.8, 4) is 0 Å². The van der Waals surface area contributed by atoms with Gasteiger partial charge in [0.05, 0.1) is 20.6 Å². The van der Waals surface area contributed by atoms with Crippen LogP contribution in [0.5, 0.6) is 0 Å². The summed E-state index contributed by atoms with van der Waals surface area (Å²) in [7, 11) is -0.246. The summed E-state index contributed by atoms with van der Waals surface area (Å²) in [6.07, 6.45) is 0.785. The summed E-state index contributed by atoms with van der Waals surface area (Å²) in [6.45, 7) is 4.16. The van der Waals surface area contributed by atoms with E-state index in [-0.39, 0.29) is 16.5 Å². The maximum absolute atomic E-state index is 12.7. The molecular weight excluding hydrogens is 357 g/mol. The molecular formula is C15H19Cl2N3O2S. The summed E-state index contributed by atoms with van der Waals surface area (Å²) in [5, 5.41) is 4.91. The van der Waals surface area contributed by atoms with E-state index in [4.69, 9.17) is 23.2 Å². The molecule has 0 fully saturated rings. The average molecular weight is 376 g/mol. The maximum Gasteiger partial charge on any atom is 0.243 e. The Bertz CT molecular complexity index is 831. The molecule has 2 rings (SSSR count). The van der Waals surface area contributed by atoms with Gasteiger partial charge in [0.15, 0.2) is 0 Å². The zero-order chi connectivity index (χ0) is 17.4. The highest BCUT2D eigenvalue weighted by molar-refractivity contribution is 7.89. The van der Waals surface area contributed by atoms with Crippen LogP contribution in [0, 0.1) is 6.92 Å². The van der Waals surface area contributed by atoms with Crippen molar-refractivity contribution in [3.63, 3.8) is 0 Å². The van der Waals surface area contributed by atoms with Crippen LogP contribution in [0.25, 0.3) is 0 Å². The van der Waals surface area contributed by atoms with Crippen molar-refractivity contribution in [2.75, 3.05) is 7.05 Å². The van der Waals surface area contributed by atoms with Gasteiger partial charge in [-0.1, -0.05) is 30.1 Å². The van der Waals surface area contributed by atoms with Gasteiger partial charge in [-0.05, 0) is 31.5 Å². The third kappa shape index (κ3) is 3.55. The molecule has 2 aromatic rings. The Kier molecular flexibility index (Phi) is 5.41. The molecule has 0 saturated heterocycles. The van der Waals surface area contributed by atoms with E-state index in [0.717, 1.165) is 23.4 Å². The van der Waals surface area contributed by atoms with Gasteiger partial charge in [0.2, 0.25) is 10.0 Å². The van der Waals surface area contributed by atoms with E-state index < -0.39 is 10.0 Å². The van der Waals surface area contributed by atoms with Crippen molar-refractivity contribution in [1.82, 2.24) is 14.1 Å². The molecule has 0 aliphatic rings. The standard InChI is InChI=1S/C15H19Cl2N3O2S/c1-5-15-12(10(2)18-20(15)4)9-19(3)23(21,22)11-6-7-13(16)14(17)8-11/h6-8H,5,9H2,1-4H3. The third-order valence-corrected chi connectivity index (χ3v) is 6.33. The Balaban J connectivity index is 2.36. The summed E-state index contributed by atoms with van der Waals surface area (Å²) >= 11 is 11.8. The van der Waals surface area contributed by atoms with Crippen LogP contribution in [0.4, 0.5) is 0 Å². The van der Waals surface area contributed by atoms with Crippen LogP contribution in [0.15, 0.2) is 23.1 Å². The smallest absolute Gasteiger partial charge is 0.243 e. The summed E-state index contributed by atoms with van der Waals surface area (Å²) in [5.74, 6) is 0. The van der Waals surface area contributed by atoms with E-state index in [2.05, 4.69) is 5.10 Å². The SMILES string of the molecule is CCc1c(CN(C)S(=O)(=O)c2ccc(Cl)c(Cl)c2)c(C)nn1C. The molecule has 0 bridgehead atoms. The Morgan fingerprint density at radius 2 is 1.91 bits per heavy atom. The summed E-state index contributed by atoms with van der Waals surface area (Å²) in [5.41, 5.74) is 2.79. The van der Waals surface area contributed by atoms with Gasteiger partial charge in [0.1, 0.15) is 0 Å². The lowest BCUT2D eigenvalue weighted by Crippen LogP contribution is -2.27. The minimum Gasteiger partial charge on any atom is -0.272 e. The Morgan fingerprint density at radius 3 is 2.48 bits per heavy atom. The topological polar surface area (TPSA) is 55.2 Å². The van der Waals surface area contributed by atoms with Gasteiger partial charge in [-0.25, -0.2) is 8.42 Å². The number of aromatic nitrogens is 2. The number of benzene rings is 1. The van der Waals surface area contributed by atoms with Gasteiger partial charge in [0.25, 0.3) is 0 Å². The molecule has 0 radical (unpaired) electrons. The van der Waals surface area contributed by atoms with Crippen molar-refractivity contribution in [3.05, 3.63) is 45.2 Å². The summed E-state index contributed by atoms with van der Waals surface area (Å²) in [6, 6.07) is 4.31. The first-order valence-corrected chi connectivity index (χ1v) is 9.30. The highest BCUT2D eigenvalue weighted by Gasteiger charge is 2.24. The number of nitrogens with zero attached hydrogens (tertiary/aromatic N) is 3. The predicted octanol–water partition coefficient (Wildman–Crippen LogP) is 3.42. The van der Waals surface area contributed by atoms with Gasteiger partial charge in [-0.15, -0.1) is 0 Å². The van der Waals surface area contributed by atoms with Crippen LogP contribution in [0.3, 0.4) is 0 Å². The van der Waals surface area contributed by atoms with Crippen LogP contribution in [-0.2, 0) is 30.0 Å². The lowest BCUT2D eigenvalue weighted by Gasteiger charge is -2.18. The first-order valence-electron chi connectivity index (χ1n) is 7.11. The van der Waals surface area contributed by atoms with Crippen molar-refractivity contribution in [2.45, 2.75) is 31.7 Å². The van der Waals surface area contributed by atoms with E-state index in [0.29, 0.717) is 5.02 Å². The van der Waals surface area contributed by atoms with Gasteiger partial charge in [-0.2, -0.15) is 9.40 Å². The van der Waals surface area contributed by atoms with Gasteiger partial charge < -0.3 is 0 Å². The largest absolute Gasteiger partial charge is 0.272 e. The number of sulfonamides is 1. The lowest BCUT2D eigenvalue weighted by atomic mass is 10.1. The molecule has 0 spiro atoms. The van der Waals surface area contributed by atoms with E-state index in [1.165, 1.54) is 22.5 Å². The fourth-order valence-electron chi connectivity index (χ4n) is 2.52. The summed E-state index contributed by atoms with van der Waals surface area (Å²) in [4.78, 5) is 0.119. The second-order valence-electron chi connectivity index (χ2n) is 5.32. The van der Waals surface area contributed by atoms with E-state index in [9.17, 15) is 8.42 Å². The molecule has 1 aromatic carbocycles. The summed E-state index contributed by atoms with van der Waals surface area (Å²) < 4.78 is 28.5. The van der Waals surface area contributed by atoms with E-state index in [1.54, 1.807) is 11.7 Å². The van der Waals surface area contributed by atoms with Crippen LogP contribution >= 0.6 is 23.2 Å². The number of hydrogen-bond donors (Lipinski definition) is 0. The second-order valence-corrected chi connectivity index (χ2v) is 8.18. The molecule has 5 nitrogen and oxygen atoms in total. The average Bonchev–Trinajstić information content (AvgIpc) is 2.75. The molecule has 8 heteroatoms. The number of halogens is 2. The molecule has 126 valence electrons. The Hall–Kier alpha value is -1.08. The van der Waals surface area contributed by atoms with Crippen LogP contribution in [0.1, 0.15) is 23.9 Å². The first-order chi connectivity index (χ1) is 10.7. The lowest BCUT2D eigenvalue weighted by molar-refractivity contribution is 0.464. The molecule has 0 amide bonds. The normalized spacial score (nSPS) is 12.1. The molecule has 1 aromatic heterocycles. The fraction of sp³-hybridized carbons (Fsp3) is 0.400. The number of rotatable bonds is 5. The van der Waals surface area contributed by atoms with Gasteiger partial charge in [-0.3, -0.25) is 4.68 Å². The second kappa shape index (κ2) is 6.81. The molecule has 0 N–H and O–H groups in total. The van der Waals surface area contributed by atoms with Crippen LogP contribution in [0.2, 0.25) is 10.0 Å². The fourth-order valence-corrected chi connectivity index (χ4v) is 4.05. The van der Waals surface area contributed by atoms with Crippen molar-refractivity contribution in [1.29, 1.82) is 0 Å². The molecule has 0 saturated carbocycles. The van der Waals surface area contributed by atoms with E-state index >= 15 is 0 Å². The quantitative estimate of drug-likeness (QED) is 0.804. The Morgan fingerprint density at radius 1 is 1.26 bits per heavy atom. The molecule has 0 unspecified atom stereocenters. The zero-order valence-electron chi connectivity index (χ0n) is 13.5. The Labute approximate surface area is 146 Å². The number of hydrogen-bond acceptors (Lipinski definition) is 3. The minimum atomic E-state index is -3.66. The molecule has 1 heterocycles. The third-order valence-electron chi connectivity index (χ3n) is 3.79. The maximum atomic E-state index is 12.7. The van der Waals surface area contributed by atoms with Crippen molar-refractivity contribution < 1.29 is 8.42 Å². The molecule has 23 heavy (non-hydrogen) atoms. The monoisotopic (exact) mass is 375 g/mol. The minimum absolute atomic E-state index is 0.119. The number of aryl methyl sites for hydroxylation is 2. The highest BCUT2D eigenvalue weighted by Crippen LogP contribution is 2.27. The predicted molar refractivity (Wildman–Crippen MR) is 92.4 cm³/mol. The van der Waals surface area contributed by atoms with Crippen LogP contribution in [-0.4, -0.2) is 29.6 Å². The molecule has 0 aliphatic heterocycles. The van der Waals surface area contributed by atoms with Gasteiger partial charge >= 0.3 is 0 Å². The highest BCUT2D eigenvalue weighted by atomic mass is 35.5. The van der Waals surface area contributed by atoms with Crippen LogP contribution < -0.4 is 0 Å². The molecule has 0 aliphatic carbocycles. The van der Waals surface area contributed by atoms with Crippen molar-refractivity contribution >= 4 is 33.2 Å². The van der Waals surface area contributed by atoms with E-state index in [1.807, 2.05) is 20.9 Å². The first kappa shape index (κ1) is 18.3. The van der Waals surface area contributed by atoms with Crippen molar-refractivity contribution in [2.24, 2.45) is 7.05 Å². The van der Waals surface area contributed by atoms with Gasteiger partial charge in [0, 0.05) is 31.9 Å². The zero-order valence-corrected chi connectivity index (χ0v) is 15.8.